The summed E-state index contributed by atoms with van der Waals surface area (Å²) in [5.74, 6) is 0. The second-order valence-corrected chi connectivity index (χ2v) is 7.20. The number of piperidine rings is 1. The van der Waals surface area contributed by atoms with Crippen molar-refractivity contribution in [3.63, 3.8) is 0 Å². The summed E-state index contributed by atoms with van der Waals surface area (Å²) in [7, 11) is 0. The van der Waals surface area contributed by atoms with Gasteiger partial charge in [0, 0.05) is 18.1 Å². The highest BCUT2D eigenvalue weighted by Gasteiger charge is 2.64. The maximum Gasteiger partial charge on any atom is 0.0278 e. The molecule has 1 atom stereocenters. The normalized spacial score (nSPS) is 37.3. The first kappa shape index (κ1) is 12.4. The zero-order valence-corrected chi connectivity index (χ0v) is 11.6. The van der Waals surface area contributed by atoms with Crippen molar-refractivity contribution >= 4 is 0 Å². The van der Waals surface area contributed by atoms with E-state index in [9.17, 15) is 0 Å². The van der Waals surface area contributed by atoms with E-state index in [2.05, 4.69) is 45.3 Å². The van der Waals surface area contributed by atoms with Crippen LogP contribution in [-0.2, 0) is 0 Å². The van der Waals surface area contributed by atoms with Crippen LogP contribution in [0.1, 0.15) is 53.9 Å². The van der Waals surface area contributed by atoms with Gasteiger partial charge in [0.05, 0.1) is 0 Å². The maximum absolute atomic E-state index is 3.78. The fourth-order valence-corrected chi connectivity index (χ4v) is 3.30. The van der Waals surface area contributed by atoms with E-state index in [1.807, 2.05) is 0 Å². The van der Waals surface area contributed by atoms with Gasteiger partial charge in [-0.25, -0.2) is 0 Å². The van der Waals surface area contributed by atoms with Gasteiger partial charge in [0.25, 0.3) is 0 Å². The molecular formula is C14H28N2. The summed E-state index contributed by atoms with van der Waals surface area (Å²) in [6.07, 6.45) is 4.03. The average molecular weight is 224 g/mol. The number of hydrogen-bond donors (Lipinski definition) is 2. The Labute approximate surface area is 101 Å². The molecule has 1 saturated heterocycles. The zero-order chi connectivity index (χ0) is 12.0. The topological polar surface area (TPSA) is 24.1 Å². The van der Waals surface area contributed by atoms with Crippen molar-refractivity contribution in [3.8, 4) is 0 Å². The lowest BCUT2D eigenvalue weighted by molar-refractivity contribution is 0.262. The summed E-state index contributed by atoms with van der Waals surface area (Å²) in [5, 5.41) is 7.46. The lowest BCUT2D eigenvalue weighted by Crippen LogP contribution is -2.53. The van der Waals surface area contributed by atoms with Crippen molar-refractivity contribution < 1.29 is 0 Å². The standard InChI is InChI=1S/C14H28N2/c1-12(2)11(13(12,3)4)15-10-14(5)8-6-7-9-16-14/h11,15-16H,6-10H2,1-5H3. The quantitative estimate of drug-likeness (QED) is 0.770. The van der Waals surface area contributed by atoms with Crippen LogP contribution in [0.5, 0.6) is 0 Å². The van der Waals surface area contributed by atoms with E-state index >= 15 is 0 Å². The Morgan fingerprint density at radius 3 is 2.12 bits per heavy atom. The third kappa shape index (κ3) is 1.91. The van der Waals surface area contributed by atoms with E-state index in [0.717, 1.165) is 6.54 Å². The van der Waals surface area contributed by atoms with Gasteiger partial charge in [0.1, 0.15) is 0 Å². The number of rotatable bonds is 3. The van der Waals surface area contributed by atoms with E-state index in [0.29, 0.717) is 22.4 Å². The molecule has 1 aliphatic carbocycles. The van der Waals surface area contributed by atoms with Crippen molar-refractivity contribution in [3.05, 3.63) is 0 Å². The van der Waals surface area contributed by atoms with Crippen molar-refractivity contribution in [1.82, 2.24) is 10.6 Å². The minimum Gasteiger partial charge on any atom is -0.311 e. The SMILES string of the molecule is CC1(CNC2C(C)(C)C2(C)C)CCCCN1. The molecule has 0 radical (unpaired) electrons. The van der Waals surface area contributed by atoms with Crippen LogP contribution in [0.4, 0.5) is 0 Å². The third-order valence-electron chi connectivity index (χ3n) is 5.42. The summed E-state index contributed by atoms with van der Waals surface area (Å²) in [6.45, 7) is 14.2. The summed E-state index contributed by atoms with van der Waals surface area (Å²) >= 11 is 0. The van der Waals surface area contributed by atoms with Crippen molar-refractivity contribution in [2.24, 2.45) is 10.8 Å². The van der Waals surface area contributed by atoms with E-state index < -0.39 is 0 Å². The summed E-state index contributed by atoms with van der Waals surface area (Å²) < 4.78 is 0. The zero-order valence-electron chi connectivity index (χ0n) is 11.6. The van der Waals surface area contributed by atoms with E-state index in [4.69, 9.17) is 0 Å². The molecule has 2 fully saturated rings. The molecule has 1 unspecified atom stereocenters. The van der Waals surface area contributed by atoms with Crippen LogP contribution in [0.2, 0.25) is 0 Å². The van der Waals surface area contributed by atoms with Gasteiger partial charge in [0.15, 0.2) is 0 Å². The molecule has 16 heavy (non-hydrogen) atoms. The minimum atomic E-state index is 0.326. The predicted octanol–water partition coefficient (Wildman–Crippen LogP) is 2.54. The lowest BCUT2D eigenvalue weighted by Gasteiger charge is -2.35. The Balaban J connectivity index is 1.84. The van der Waals surface area contributed by atoms with E-state index in [1.165, 1.54) is 25.8 Å². The van der Waals surface area contributed by atoms with Crippen LogP contribution in [0, 0.1) is 10.8 Å². The van der Waals surface area contributed by atoms with Gasteiger partial charge in [-0.3, -0.25) is 0 Å². The van der Waals surface area contributed by atoms with Gasteiger partial charge in [-0.1, -0.05) is 34.1 Å². The highest BCUT2D eigenvalue weighted by atomic mass is 15.1. The number of nitrogens with one attached hydrogen (secondary N) is 2. The van der Waals surface area contributed by atoms with Crippen LogP contribution in [0.25, 0.3) is 0 Å². The second kappa shape index (κ2) is 3.71. The fraction of sp³-hybridized carbons (Fsp3) is 1.00. The van der Waals surface area contributed by atoms with Crippen LogP contribution >= 0.6 is 0 Å². The Morgan fingerprint density at radius 1 is 1.06 bits per heavy atom. The molecule has 0 spiro atoms. The first-order valence-corrected chi connectivity index (χ1v) is 6.78. The van der Waals surface area contributed by atoms with Gasteiger partial charge in [-0.2, -0.15) is 0 Å². The molecule has 1 heterocycles. The molecule has 94 valence electrons. The first-order valence-electron chi connectivity index (χ1n) is 6.78. The Kier molecular flexibility index (Phi) is 2.87. The van der Waals surface area contributed by atoms with Crippen LogP contribution in [-0.4, -0.2) is 24.7 Å². The van der Waals surface area contributed by atoms with Crippen molar-refractivity contribution in [2.75, 3.05) is 13.1 Å². The summed E-state index contributed by atoms with van der Waals surface area (Å²) in [6, 6.07) is 0.681. The van der Waals surface area contributed by atoms with Crippen LogP contribution in [0.15, 0.2) is 0 Å². The van der Waals surface area contributed by atoms with E-state index in [1.54, 1.807) is 0 Å². The summed E-state index contributed by atoms with van der Waals surface area (Å²) in [5.41, 5.74) is 1.24. The molecule has 1 saturated carbocycles. The molecule has 2 N–H and O–H groups in total. The van der Waals surface area contributed by atoms with Crippen molar-refractivity contribution in [1.29, 1.82) is 0 Å². The molecule has 0 aromatic carbocycles. The second-order valence-electron chi connectivity index (χ2n) is 7.20. The highest BCUT2D eigenvalue weighted by molar-refractivity contribution is 5.18. The monoisotopic (exact) mass is 224 g/mol. The molecule has 2 nitrogen and oxygen atoms in total. The molecule has 2 rings (SSSR count). The van der Waals surface area contributed by atoms with Crippen molar-refractivity contribution in [2.45, 2.75) is 65.5 Å². The minimum absolute atomic E-state index is 0.326. The predicted molar refractivity (Wildman–Crippen MR) is 69.6 cm³/mol. The molecule has 2 aliphatic rings. The van der Waals surface area contributed by atoms with E-state index in [-0.39, 0.29) is 0 Å². The Morgan fingerprint density at radius 2 is 1.69 bits per heavy atom. The smallest absolute Gasteiger partial charge is 0.0278 e. The largest absolute Gasteiger partial charge is 0.311 e. The van der Waals surface area contributed by atoms with Gasteiger partial charge in [-0.05, 0) is 37.1 Å². The average Bonchev–Trinajstić information content (AvgIpc) is 2.56. The molecule has 0 aromatic heterocycles. The Bertz CT molecular complexity index is 248. The molecule has 0 amide bonds. The van der Waals surface area contributed by atoms with Gasteiger partial charge < -0.3 is 10.6 Å². The van der Waals surface area contributed by atoms with Gasteiger partial charge in [0.2, 0.25) is 0 Å². The number of hydrogen-bond acceptors (Lipinski definition) is 2. The molecule has 2 heteroatoms. The van der Waals surface area contributed by atoms with Crippen LogP contribution in [0.3, 0.4) is 0 Å². The Hall–Kier alpha value is -0.0800. The fourth-order valence-electron chi connectivity index (χ4n) is 3.30. The first-order chi connectivity index (χ1) is 7.30. The molecule has 0 aromatic rings. The molecule has 1 aliphatic heterocycles. The summed E-state index contributed by atoms with van der Waals surface area (Å²) in [4.78, 5) is 0. The molecule has 0 bridgehead atoms. The third-order valence-corrected chi connectivity index (χ3v) is 5.42. The van der Waals surface area contributed by atoms with Crippen LogP contribution < -0.4 is 10.6 Å². The van der Waals surface area contributed by atoms with Gasteiger partial charge >= 0.3 is 0 Å². The molecular weight excluding hydrogens is 196 g/mol. The maximum atomic E-state index is 3.78. The van der Waals surface area contributed by atoms with Gasteiger partial charge in [-0.15, -0.1) is 0 Å². The highest BCUT2D eigenvalue weighted by Crippen LogP contribution is 2.62. The lowest BCUT2D eigenvalue weighted by atomic mass is 9.91.